The molecule has 12 heavy (non-hydrogen) atoms. The van der Waals surface area contributed by atoms with E-state index in [0.29, 0.717) is 6.61 Å². The summed E-state index contributed by atoms with van der Waals surface area (Å²) in [5, 5.41) is 8.74. The molecule has 0 saturated heterocycles. The van der Waals surface area contributed by atoms with Crippen LogP contribution in [0.1, 0.15) is 11.6 Å². The van der Waals surface area contributed by atoms with Gasteiger partial charge in [0, 0.05) is 13.3 Å². The van der Waals surface area contributed by atoms with E-state index in [-0.39, 0.29) is 5.92 Å². The Morgan fingerprint density at radius 3 is 3.00 bits per heavy atom. The molecule has 0 aromatic carbocycles. The van der Waals surface area contributed by atoms with Gasteiger partial charge in [-0.05, 0) is 12.1 Å². The lowest BCUT2D eigenvalue weighted by Crippen LogP contribution is -2.05. The molecule has 0 aliphatic rings. The van der Waals surface area contributed by atoms with Crippen LogP contribution in [0.4, 0.5) is 0 Å². The van der Waals surface area contributed by atoms with Gasteiger partial charge in [-0.3, -0.25) is 4.98 Å². The summed E-state index contributed by atoms with van der Waals surface area (Å²) in [5.74, 6) is -0.254. The van der Waals surface area contributed by atoms with Gasteiger partial charge in [0.2, 0.25) is 0 Å². The first-order valence-corrected chi connectivity index (χ1v) is 3.68. The average molecular weight is 162 g/mol. The Kier molecular flexibility index (Phi) is 3.24. The van der Waals surface area contributed by atoms with Crippen LogP contribution in [0.3, 0.4) is 0 Å². The number of nitrogens with zero attached hydrogens (tertiary/aromatic N) is 2. The Hall–Kier alpha value is -1.40. The smallest absolute Gasteiger partial charge is 0.112 e. The van der Waals surface area contributed by atoms with Crippen molar-refractivity contribution < 1.29 is 4.74 Å². The maximum absolute atomic E-state index is 8.74. The van der Waals surface area contributed by atoms with Crippen molar-refractivity contribution in [1.29, 1.82) is 5.26 Å². The van der Waals surface area contributed by atoms with Gasteiger partial charge in [0.25, 0.3) is 0 Å². The monoisotopic (exact) mass is 162 g/mol. The molecule has 62 valence electrons. The van der Waals surface area contributed by atoms with E-state index in [1.165, 1.54) is 0 Å². The molecular formula is C9H10N2O. The molecule has 1 aromatic rings. The van der Waals surface area contributed by atoms with Crippen LogP contribution in [0, 0.1) is 11.3 Å². The molecule has 0 bridgehead atoms. The first-order valence-electron chi connectivity index (χ1n) is 3.68. The molecule has 1 atom stereocenters. The molecule has 3 heteroatoms. The molecular weight excluding hydrogens is 152 g/mol. The largest absolute Gasteiger partial charge is 0.383 e. The Bertz CT molecular complexity index is 266. The van der Waals surface area contributed by atoms with Gasteiger partial charge in [-0.15, -0.1) is 0 Å². The maximum atomic E-state index is 8.74. The highest BCUT2D eigenvalue weighted by atomic mass is 16.5. The van der Waals surface area contributed by atoms with E-state index in [2.05, 4.69) is 11.1 Å². The molecule has 0 fully saturated rings. The van der Waals surface area contributed by atoms with E-state index in [9.17, 15) is 0 Å². The second kappa shape index (κ2) is 4.47. The SMILES string of the molecule is COCC(C#N)c1ccccn1. The summed E-state index contributed by atoms with van der Waals surface area (Å²) < 4.78 is 4.89. The minimum atomic E-state index is -0.254. The van der Waals surface area contributed by atoms with E-state index >= 15 is 0 Å². The van der Waals surface area contributed by atoms with Crippen molar-refractivity contribution in [2.45, 2.75) is 5.92 Å². The van der Waals surface area contributed by atoms with Gasteiger partial charge in [-0.25, -0.2) is 0 Å². The molecule has 0 aliphatic carbocycles. The van der Waals surface area contributed by atoms with E-state index < -0.39 is 0 Å². The highest BCUT2D eigenvalue weighted by Gasteiger charge is 2.09. The summed E-state index contributed by atoms with van der Waals surface area (Å²) in [5.41, 5.74) is 0.766. The molecule has 0 spiro atoms. The van der Waals surface area contributed by atoms with Crippen molar-refractivity contribution in [3.63, 3.8) is 0 Å². The quantitative estimate of drug-likeness (QED) is 0.673. The fourth-order valence-electron chi connectivity index (χ4n) is 0.938. The Labute approximate surface area is 71.6 Å². The molecule has 0 radical (unpaired) electrons. The van der Waals surface area contributed by atoms with Gasteiger partial charge < -0.3 is 4.74 Å². The van der Waals surface area contributed by atoms with Crippen molar-refractivity contribution in [2.75, 3.05) is 13.7 Å². The zero-order chi connectivity index (χ0) is 8.81. The van der Waals surface area contributed by atoms with E-state index in [1.807, 2.05) is 18.2 Å². The molecule has 1 unspecified atom stereocenters. The van der Waals surface area contributed by atoms with E-state index in [1.54, 1.807) is 13.3 Å². The van der Waals surface area contributed by atoms with Gasteiger partial charge >= 0.3 is 0 Å². The molecule has 0 saturated carbocycles. The topological polar surface area (TPSA) is 45.9 Å². The van der Waals surface area contributed by atoms with Crippen LogP contribution in [0.25, 0.3) is 0 Å². The molecule has 0 aliphatic heterocycles. The van der Waals surface area contributed by atoms with Crippen LogP contribution in [0.5, 0.6) is 0 Å². The second-order valence-corrected chi connectivity index (χ2v) is 2.39. The predicted molar refractivity (Wildman–Crippen MR) is 44.5 cm³/mol. The Morgan fingerprint density at radius 2 is 2.50 bits per heavy atom. The fraction of sp³-hybridized carbons (Fsp3) is 0.333. The zero-order valence-electron chi connectivity index (χ0n) is 6.90. The number of ether oxygens (including phenoxy) is 1. The minimum absolute atomic E-state index is 0.254. The highest BCUT2D eigenvalue weighted by Crippen LogP contribution is 2.10. The third-order valence-electron chi connectivity index (χ3n) is 1.53. The van der Waals surface area contributed by atoms with Crippen molar-refractivity contribution in [3.8, 4) is 6.07 Å². The molecule has 1 aromatic heterocycles. The van der Waals surface area contributed by atoms with E-state index in [0.717, 1.165) is 5.69 Å². The zero-order valence-corrected chi connectivity index (χ0v) is 6.90. The Balaban J connectivity index is 2.75. The standard InChI is InChI=1S/C9H10N2O/c1-12-7-8(6-10)9-4-2-3-5-11-9/h2-5,8H,7H2,1H3. The second-order valence-electron chi connectivity index (χ2n) is 2.39. The van der Waals surface area contributed by atoms with Crippen LogP contribution >= 0.6 is 0 Å². The normalized spacial score (nSPS) is 12.0. The van der Waals surface area contributed by atoms with Gasteiger partial charge in [0.1, 0.15) is 5.92 Å². The van der Waals surface area contributed by atoms with Crippen LogP contribution in [-0.4, -0.2) is 18.7 Å². The minimum Gasteiger partial charge on any atom is -0.383 e. The van der Waals surface area contributed by atoms with Gasteiger partial charge in [0.05, 0.1) is 18.4 Å². The lowest BCUT2D eigenvalue weighted by Gasteiger charge is -2.05. The van der Waals surface area contributed by atoms with Crippen LogP contribution in [-0.2, 0) is 4.74 Å². The van der Waals surface area contributed by atoms with Crippen molar-refractivity contribution in [2.24, 2.45) is 0 Å². The van der Waals surface area contributed by atoms with Crippen LogP contribution in [0.15, 0.2) is 24.4 Å². The summed E-state index contributed by atoms with van der Waals surface area (Å²) in [7, 11) is 1.58. The van der Waals surface area contributed by atoms with Crippen molar-refractivity contribution in [3.05, 3.63) is 30.1 Å². The first-order chi connectivity index (χ1) is 5.88. The van der Waals surface area contributed by atoms with Gasteiger partial charge in [-0.2, -0.15) is 5.26 Å². The van der Waals surface area contributed by atoms with Crippen LogP contribution < -0.4 is 0 Å². The molecule has 0 N–H and O–H groups in total. The summed E-state index contributed by atoms with van der Waals surface area (Å²) in [6.07, 6.45) is 1.68. The first kappa shape index (κ1) is 8.69. The summed E-state index contributed by atoms with van der Waals surface area (Å²) >= 11 is 0. The van der Waals surface area contributed by atoms with Crippen LogP contribution in [0.2, 0.25) is 0 Å². The van der Waals surface area contributed by atoms with Crippen molar-refractivity contribution >= 4 is 0 Å². The lowest BCUT2D eigenvalue weighted by molar-refractivity contribution is 0.192. The molecule has 1 heterocycles. The number of aromatic nitrogens is 1. The fourth-order valence-corrected chi connectivity index (χ4v) is 0.938. The summed E-state index contributed by atoms with van der Waals surface area (Å²) in [6, 6.07) is 7.65. The number of methoxy groups -OCH3 is 1. The summed E-state index contributed by atoms with van der Waals surface area (Å²) in [4.78, 5) is 4.07. The van der Waals surface area contributed by atoms with Gasteiger partial charge in [-0.1, -0.05) is 6.07 Å². The predicted octanol–water partition coefficient (Wildman–Crippen LogP) is 1.34. The third kappa shape index (κ3) is 2.04. The number of hydrogen-bond donors (Lipinski definition) is 0. The number of rotatable bonds is 3. The highest BCUT2D eigenvalue weighted by molar-refractivity contribution is 5.16. The third-order valence-corrected chi connectivity index (χ3v) is 1.53. The molecule has 3 nitrogen and oxygen atoms in total. The maximum Gasteiger partial charge on any atom is 0.112 e. The summed E-state index contributed by atoms with van der Waals surface area (Å²) in [6.45, 7) is 0.396. The Morgan fingerprint density at radius 1 is 1.67 bits per heavy atom. The lowest BCUT2D eigenvalue weighted by atomic mass is 10.1. The molecule has 0 amide bonds. The number of hydrogen-bond acceptors (Lipinski definition) is 3. The number of pyridine rings is 1. The number of nitriles is 1. The molecule has 1 rings (SSSR count). The average Bonchev–Trinajstić information content (AvgIpc) is 2.15. The van der Waals surface area contributed by atoms with Crippen molar-refractivity contribution in [1.82, 2.24) is 4.98 Å². The van der Waals surface area contributed by atoms with Gasteiger partial charge in [0.15, 0.2) is 0 Å². The van der Waals surface area contributed by atoms with E-state index in [4.69, 9.17) is 10.00 Å².